The fourth-order valence-corrected chi connectivity index (χ4v) is 3.59. The molecule has 0 saturated heterocycles. The molecule has 0 aliphatic rings. The van der Waals surface area contributed by atoms with Gasteiger partial charge < -0.3 is 5.32 Å². The van der Waals surface area contributed by atoms with Gasteiger partial charge in [0, 0.05) is 11.9 Å². The molecule has 2 aromatic rings. The Morgan fingerprint density at radius 2 is 2.26 bits per heavy atom. The molecule has 2 heterocycles. The van der Waals surface area contributed by atoms with E-state index in [-0.39, 0.29) is 6.04 Å². The van der Waals surface area contributed by atoms with Crippen LogP contribution in [0.25, 0.3) is 0 Å². The Labute approximate surface area is 123 Å². The first-order chi connectivity index (χ1) is 9.19. The summed E-state index contributed by atoms with van der Waals surface area (Å²) in [6.07, 6.45) is 3.86. The minimum atomic E-state index is 0.134. The van der Waals surface area contributed by atoms with E-state index in [2.05, 4.69) is 35.7 Å². The van der Waals surface area contributed by atoms with Crippen LogP contribution in [0.2, 0.25) is 5.02 Å². The number of hydrogen-bond acceptors (Lipinski definition) is 3. The lowest BCUT2D eigenvalue weighted by atomic mass is 10.1. The highest BCUT2D eigenvalue weighted by atomic mass is 35.5. The van der Waals surface area contributed by atoms with Crippen molar-refractivity contribution in [1.29, 1.82) is 0 Å². The number of thiophene rings is 1. The van der Waals surface area contributed by atoms with Crippen LogP contribution in [0.4, 0.5) is 0 Å². The molecule has 3 nitrogen and oxygen atoms in total. The summed E-state index contributed by atoms with van der Waals surface area (Å²) in [5.74, 6) is 0. The number of aryl methyl sites for hydroxylation is 2. The van der Waals surface area contributed by atoms with Crippen LogP contribution in [0, 0.1) is 0 Å². The number of nitrogens with one attached hydrogen (secondary N) is 1. The van der Waals surface area contributed by atoms with Gasteiger partial charge in [0.2, 0.25) is 0 Å². The SMILES string of the molecule is CCCNC(c1sccc1CC)c1c(Cl)cnn1C. The fourth-order valence-electron chi connectivity index (χ4n) is 2.24. The molecule has 1 unspecified atom stereocenters. The van der Waals surface area contributed by atoms with Crippen molar-refractivity contribution in [2.24, 2.45) is 7.05 Å². The lowest BCUT2D eigenvalue weighted by Gasteiger charge is -2.20. The molecule has 0 aliphatic heterocycles. The Morgan fingerprint density at radius 3 is 2.84 bits per heavy atom. The molecule has 0 bridgehead atoms. The molecule has 0 aromatic carbocycles. The van der Waals surface area contributed by atoms with Crippen LogP contribution in [-0.4, -0.2) is 16.3 Å². The van der Waals surface area contributed by atoms with Gasteiger partial charge in [-0.1, -0.05) is 25.4 Å². The average molecular weight is 298 g/mol. The van der Waals surface area contributed by atoms with Gasteiger partial charge in [-0.15, -0.1) is 11.3 Å². The monoisotopic (exact) mass is 297 g/mol. The van der Waals surface area contributed by atoms with Crippen LogP contribution in [0.3, 0.4) is 0 Å². The molecule has 0 amide bonds. The Balaban J connectivity index is 2.41. The first-order valence-electron chi connectivity index (χ1n) is 6.66. The maximum absolute atomic E-state index is 6.31. The van der Waals surface area contributed by atoms with E-state index in [0.29, 0.717) is 0 Å². The van der Waals surface area contributed by atoms with Gasteiger partial charge in [-0.25, -0.2) is 0 Å². The van der Waals surface area contributed by atoms with Crippen molar-refractivity contribution in [3.8, 4) is 0 Å². The first kappa shape index (κ1) is 14.6. The van der Waals surface area contributed by atoms with Gasteiger partial charge >= 0.3 is 0 Å². The molecule has 0 spiro atoms. The summed E-state index contributed by atoms with van der Waals surface area (Å²) in [5.41, 5.74) is 2.43. The number of hydrogen-bond donors (Lipinski definition) is 1. The molecule has 0 fully saturated rings. The van der Waals surface area contributed by atoms with Gasteiger partial charge in [-0.05, 0) is 36.4 Å². The Bertz CT molecular complexity index is 513. The normalized spacial score (nSPS) is 12.8. The van der Waals surface area contributed by atoms with Crippen LogP contribution >= 0.6 is 22.9 Å². The van der Waals surface area contributed by atoms with Gasteiger partial charge in [0.15, 0.2) is 0 Å². The molecule has 2 aromatic heterocycles. The topological polar surface area (TPSA) is 29.9 Å². The van der Waals surface area contributed by atoms with Crippen molar-refractivity contribution in [2.45, 2.75) is 32.7 Å². The Hall–Kier alpha value is -0.840. The molecule has 2 rings (SSSR count). The Morgan fingerprint density at radius 1 is 1.47 bits per heavy atom. The van der Waals surface area contributed by atoms with E-state index < -0.39 is 0 Å². The highest BCUT2D eigenvalue weighted by molar-refractivity contribution is 7.10. The van der Waals surface area contributed by atoms with Crippen molar-refractivity contribution in [1.82, 2.24) is 15.1 Å². The van der Waals surface area contributed by atoms with Gasteiger partial charge in [0.1, 0.15) is 0 Å². The minimum absolute atomic E-state index is 0.134. The summed E-state index contributed by atoms with van der Waals surface area (Å²) >= 11 is 8.10. The van der Waals surface area contributed by atoms with Crippen molar-refractivity contribution < 1.29 is 0 Å². The van der Waals surface area contributed by atoms with Crippen LogP contribution in [0.5, 0.6) is 0 Å². The molecule has 0 aliphatic carbocycles. The molecule has 5 heteroatoms. The quantitative estimate of drug-likeness (QED) is 0.879. The van der Waals surface area contributed by atoms with E-state index in [1.54, 1.807) is 17.5 Å². The maximum Gasteiger partial charge on any atom is 0.0859 e. The predicted molar refractivity (Wildman–Crippen MR) is 82.1 cm³/mol. The molecule has 1 atom stereocenters. The van der Waals surface area contributed by atoms with E-state index in [1.165, 1.54) is 10.4 Å². The minimum Gasteiger partial charge on any atom is -0.304 e. The summed E-state index contributed by atoms with van der Waals surface area (Å²) in [6, 6.07) is 2.33. The molecule has 0 radical (unpaired) electrons. The summed E-state index contributed by atoms with van der Waals surface area (Å²) < 4.78 is 1.87. The number of nitrogens with zero attached hydrogens (tertiary/aromatic N) is 2. The second-order valence-corrected chi connectivity index (χ2v) is 5.91. The Kier molecular flexibility index (Phi) is 5.02. The third-order valence-electron chi connectivity index (χ3n) is 3.23. The summed E-state index contributed by atoms with van der Waals surface area (Å²) in [4.78, 5) is 1.35. The zero-order valence-electron chi connectivity index (χ0n) is 11.6. The summed E-state index contributed by atoms with van der Waals surface area (Å²) in [6.45, 7) is 5.32. The number of halogens is 1. The largest absolute Gasteiger partial charge is 0.304 e. The molecule has 1 N–H and O–H groups in total. The van der Waals surface area contributed by atoms with Crippen LogP contribution in [0.15, 0.2) is 17.6 Å². The third kappa shape index (κ3) is 3.02. The van der Waals surface area contributed by atoms with Gasteiger partial charge in [0.25, 0.3) is 0 Å². The van der Waals surface area contributed by atoms with Crippen molar-refractivity contribution in [2.75, 3.05) is 6.54 Å². The van der Waals surface area contributed by atoms with E-state index in [4.69, 9.17) is 11.6 Å². The van der Waals surface area contributed by atoms with Gasteiger partial charge in [0.05, 0.1) is 23.0 Å². The van der Waals surface area contributed by atoms with Crippen molar-refractivity contribution >= 4 is 22.9 Å². The average Bonchev–Trinajstić information content (AvgIpc) is 3.00. The van der Waals surface area contributed by atoms with E-state index in [9.17, 15) is 0 Å². The first-order valence-corrected chi connectivity index (χ1v) is 7.91. The predicted octanol–water partition coefficient (Wildman–Crippen LogP) is 3.79. The van der Waals surface area contributed by atoms with Crippen molar-refractivity contribution in [3.05, 3.63) is 38.8 Å². The van der Waals surface area contributed by atoms with Crippen molar-refractivity contribution in [3.63, 3.8) is 0 Å². The standard InChI is InChI=1S/C14H20ClN3S/c1-4-7-16-12(13-11(15)9-17-18(13)3)14-10(5-2)6-8-19-14/h6,8-9,12,16H,4-5,7H2,1-3H3. The summed E-state index contributed by atoms with van der Waals surface area (Å²) in [7, 11) is 1.95. The summed E-state index contributed by atoms with van der Waals surface area (Å²) in [5, 5.41) is 10.7. The number of rotatable bonds is 6. The van der Waals surface area contributed by atoms with E-state index in [1.807, 2.05) is 11.7 Å². The highest BCUT2D eigenvalue weighted by Crippen LogP contribution is 2.33. The zero-order valence-corrected chi connectivity index (χ0v) is 13.2. The second-order valence-electron chi connectivity index (χ2n) is 4.55. The van der Waals surface area contributed by atoms with Crippen LogP contribution in [-0.2, 0) is 13.5 Å². The van der Waals surface area contributed by atoms with Crippen LogP contribution in [0.1, 0.15) is 42.4 Å². The lowest BCUT2D eigenvalue weighted by molar-refractivity contribution is 0.557. The third-order valence-corrected chi connectivity index (χ3v) is 4.55. The zero-order chi connectivity index (χ0) is 13.8. The smallest absolute Gasteiger partial charge is 0.0859 e. The maximum atomic E-state index is 6.31. The van der Waals surface area contributed by atoms with Gasteiger partial charge in [-0.3, -0.25) is 4.68 Å². The molecule has 0 saturated carbocycles. The fraction of sp³-hybridized carbons (Fsp3) is 0.500. The van der Waals surface area contributed by atoms with E-state index >= 15 is 0 Å². The molecule has 19 heavy (non-hydrogen) atoms. The molecule has 104 valence electrons. The van der Waals surface area contributed by atoms with Crippen LogP contribution < -0.4 is 5.32 Å². The molecular formula is C14H20ClN3S. The number of aromatic nitrogens is 2. The highest BCUT2D eigenvalue weighted by Gasteiger charge is 2.23. The molecular weight excluding hydrogens is 278 g/mol. The second kappa shape index (κ2) is 6.55. The van der Waals surface area contributed by atoms with Gasteiger partial charge in [-0.2, -0.15) is 5.10 Å². The van der Waals surface area contributed by atoms with E-state index in [0.717, 1.165) is 30.1 Å². The lowest BCUT2D eigenvalue weighted by Crippen LogP contribution is -2.25.